The Morgan fingerprint density at radius 3 is 2.07 bits per heavy atom. The second kappa shape index (κ2) is 14.2. The number of rotatable bonds is 4. The van der Waals surface area contributed by atoms with Crippen LogP contribution < -0.4 is 26.2 Å². The first-order valence-electron chi connectivity index (χ1n) is 17.6. The number of halogens is 4. The summed E-state index contributed by atoms with van der Waals surface area (Å²) in [5.41, 5.74) is 1.82. The number of aryl methyl sites for hydroxylation is 2. The molecule has 0 aromatic heterocycles. The highest BCUT2D eigenvalue weighted by Crippen LogP contribution is 2.43. The van der Waals surface area contributed by atoms with Gasteiger partial charge >= 0.3 is 11.9 Å². The highest BCUT2D eigenvalue weighted by molar-refractivity contribution is 7.01. The number of hydrogen-bond acceptors (Lipinski definition) is 6. The maximum absolute atomic E-state index is 15.3. The Bertz CT molecular complexity index is 3080. The van der Waals surface area contributed by atoms with Gasteiger partial charge in [-0.1, -0.05) is 50.0 Å². The summed E-state index contributed by atoms with van der Waals surface area (Å²) in [7, 11) is -2.28. The van der Waals surface area contributed by atoms with Gasteiger partial charge in [-0.3, -0.25) is 4.79 Å². The Morgan fingerprint density at radius 1 is 0.690 bits per heavy atom. The fourth-order valence-electron chi connectivity index (χ4n) is 7.64. The summed E-state index contributed by atoms with van der Waals surface area (Å²) >= 11 is 0. The van der Waals surface area contributed by atoms with E-state index in [4.69, 9.17) is 4.42 Å². The Hall–Kier alpha value is -6.99. The average molecular weight is 805 g/mol. The molecule has 5 aromatic carbocycles. The van der Waals surface area contributed by atoms with Gasteiger partial charge in [0.05, 0.1) is 11.1 Å². The Labute approximate surface area is 327 Å². The molecule has 0 fully saturated rings. The van der Waals surface area contributed by atoms with Crippen molar-refractivity contribution in [2.24, 2.45) is 0 Å². The summed E-state index contributed by atoms with van der Waals surface area (Å²) in [5, 5.41) is 41.9. The van der Waals surface area contributed by atoms with E-state index in [1.165, 1.54) is 24.3 Å². The number of phenols is 2. The number of fused-ring (bicyclic) bond motifs is 4. The highest BCUT2D eigenvalue weighted by Gasteiger charge is 2.37. The van der Waals surface area contributed by atoms with Crippen LogP contribution in [0, 0.1) is 37.1 Å². The van der Waals surface area contributed by atoms with Gasteiger partial charge in [-0.15, -0.1) is 0 Å². The van der Waals surface area contributed by atoms with Crippen LogP contribution in [0.4, 0.5) is 17.6 Å². The van der Waals surface area contributed by atoms with Crippen molar-refractivity contribution in [1.29, 1.82) is 0 Å². The first-order chi connectivity index (χ1) is 27.3. The van der Waals surface area contributed by atoms with E-state index in [0.29, 0.717) is 27.8 Å². The quantitative estimate of drug-likeness (QED) is 0.0844. The first kappa shape index (κ1) is 39.2. The number of benzene rings is 6. The summed E-state index contributed by atoms with van der Waals surface area (Å²) in [5.74, 6) is -7.56. The molecule has 292 valence electrons. The molecule has 0 unspecified atom stereocenters. The zero-order valence-electron chi connectivity index (χ0n) is 31.2. The lowest BCUT2D eigenvalue weighted by atomic mass is 9.90. The van der Waals surface area contributed by atoms with E-state index >= 15 is 4.39 Å². The monoisotopic (exact) mass is 804 g/mol. The van der Waals surface area contributed by atoms with E-state index in [1.54, 1.807) is 26.0 Å². The molecule has 0 spiro atoms. The normalized spacial score (nSPS) is 12.8. The molecule has 8 nitrogen and oxygen atoms in total. The van der Waals surface area contributed by atoms with Crippen molar-refractivity contribution in [2.75, 3.05) is 0 Å². The van der Waals surface area contributed by atoms with E-state index in [9.17, 15) is 48.0 Å². The minimum Gasteiger partial charge on any atom is -0.508 e. The SMILES string of the molecule is C=c1ccc2c(c1)[Si](C)(C)c1cc(O)ccc1C=2c1c(C)cc(C(=O)O)c(F)c1F.Cc1cc(C(=O)O)ccc1-c1c2cc(F)c(=O)cc-2oc2cc(O)c(F)cc12. The van der Waals surface area contributed by atoms with Gasteiger partial charge < -0.3 is 24.8 Å². The van der Waals surface area contributed by atoms with E-state index in [2.05, 4.69) is 19.7 Å². The van der Waals surface area contributed by atoms with Crippen molar-refractivity contribution < 1.29 is 52.0 Å². The number of hydrogen-bond donors (Lipinski definition) is 4. The predicted octanol–water partition coefficient (Wildman–Crippen LogP) is 7.03. The van der Waals surface area contributed by atoms with Crippen molar-refractivity contribution in [3.05, 3.63) is 162 Å². The van der Waals surface area contributed by atoms with Crippen molar-refractivity contribution in [3.63, 3.8) is 0 Å². The van der Waals surface area contributed by atoms with Gasteiger partial charge in [0.15, 0.2) is 29.0 Å². The molecular formula is C45H32F4O8Si. The molecule has 8 rings (SSSR count). The highest BCUT2D eigenvalue weighted by atomic mass is 28.3. The molecule has 0 saturated carbocycles. The second-order valence-electron chi connectivity index (χ2n) is 14.5. The van der Waals surface area contributed by atoms with E-state index in [0.717, 1.165) is 56.7 Å². The molecule has 4 N–H and O–H groups in total. The molecule has 0 atom stereocenters. The third-order valence-corrected chi connectivity index (χ3v) is 14.0. The van der Waals surface area contributed by atoms with Crippen molar-refractivity contribution in [2.45, 2.75) is 26.9 Å². The van der Waals surface area contributed by atoms with E-state index in [-0.39, 0.29) is 39.2 Å². The van der Waals surface area contributed by atoms with Crippen molar-refractivity contribution >= 4 is 53.5 Å². The largest absolute Gasteiger partial charge is 0.508 e. The lowest BCUT2D eigenvalue weighted by molar-refractivity contribution is 0.0682. The third-order valence-electron chi connectivity index (χ3n) is 10.4. The number of phenolic OH excluding ortho intramolecular Hbond substituents is 2. The number of aromatic carboxylic acids is 2. The minimum absolute atomic E-state index is 0.0343. The summed E-state index contributed by atoms with van der Waals surface area (Å²) in [6, 6.07) is 20.2. The molecule has 2 aliphatic heterocycles. The van der Waals surface area contributed by atoms with Crippen LogP contribution >= 0.6 is 0 Å². The lowest BCUT2D eigenvalue weighted by Crippen LogP contribution is -2.63. The second-order valence-corrected chi connectivity index (χ2v) is 18.9. The molecule has 0 saturated heterocycles. The van der Waals surface area contributed by atoms with Gasteiger partial charge in [0.25, 0.3) is 0 Å². The maximum Gasteiger partial charge on any atom is 0.338 e. The van der Waals surface area contributed by atoms with Gasteiger partial charge in [0.1, 0.15) is 25.2 Å². The van der Waals surface area contributed by atoms with Crippen LogP contribution in [0.1, 0.15) is 43.0 Å². The summed E-state index contributed by atoms with van der Waals surface area (Å²) < 4.78 is 63.6. The summed E-state index contributed by atoms with van der Waals surface area (Å²) in [6.45, 7) is 11.5. The van der Waals surface area contributed by atoms with Crippen molar-refractivity contribution in [3.8, 4) is 33.9 Å². The Balaban J connectivity index is 0.000000177. The van der Waals surface area contributed by atoms with Crippen LogP contribution in [0.3, 0.4) is 0 Å². The van der Waals surface area contributed by atoms with E-state index < -0.39 is 60.0 Å². The van der Waals surface area contributed by atoms with E-state index in [1.807, 2.05) is 18.2 Å². The standard InChI is InChI=1S/C24H20F2O3Si.C21H12F2O5/c1-12-5-7-15-18(9-12)30(3,4)19-11-14(27)6-8-16(19)21(15)20-13(2)10-17(24(28)29)22(25)23(20)26;1-9-4-10(21(26)27)2-3-11(9)20-12-5-14(22)16(24)7-18(12)28-19-8-17(25)15(23)6-13(19)20/h5-11,27H,1H2,2-4H3,(H,28,29);2-8,24H,1H3,(H,26,27). The van der Waals surface area contributed by atoms with Gasteiger partial charge in [-0.05, 0) is 105 Å². The zero-order valence-corrected chi connectivity index (χ0v) is 32.2. The van der Waals surface area contributed by atoms with Gasteiger partial charge in [0, 0.05) is 34.2 Å². The van der Waals surface area contributed by atoms with Crippen LogP contribution in [-0.4, -0.2) is 40.4 Å². The van der Waals surface area contributed by atoms with Crippen LogP contribution in [0.5, 0.6) is 11.5 Å². The first-order valence-corrected chi connectivity index (χ1v) is 20.6. The molecule has 5 aromatic rings. The minimum atomic E-state index is -2.28. The van der Waals surface area contributed by atoms with Crippen LogP contribution in [0.25, 0.3) is 45.6 Å². The lowest BCUT2D eigenvalue weighted by Gasteiger charge is -2.33. The molecule has 0 bridgehead atoms. The fourth-order valence-corrected chi connectivity index (χ4v) is 10.7. The number of carbonyl (C=O) groups is 2. The van der Waals surface area contributed by atoms with Gasteiger partial charge in [0.2, 0.25) is 5.43 Å². The molecule has 3 aliphatic rings. The van der Waals surface area contributed by atoms with Crippen molar-refractivity contribution in [1.82, 2.24) is 0 Å². The summed E-state index contributed by atoms with van der Waals surface area (Å²) in [6.07, 6.45) is 0. The molecule has 13 heteroatoms. The summed E-state index contributed by atoms with van der Waals surface area (Å²) in [4.78, 5) is 34.3. The molecule has 0 amide bonds. The zero-order chi connectivity index (χ0) is 42.1. The topological polar surface area (TPSA) is 145 Å². The van der Waals surface area contributed by atoms with Crippen LogP contribution in [-0.2, 0) is 0 Å². The fraction of sp³-hybridized carbons (Fsp3) is 0.0889. The third kappa shape index (κ3) is 6.48. The average Bonchev–Trinajstić information content (AvgIpc) is 3.15. The molecule has 58 heavy (non-hydrogen) atoms. The number of carboxylic acids is 2. The predicted molar refractivity (Wildman–Crippen MR) is 214 cm³/mol. The van der Waals surface area contributed by atoms with Gasteiger partial charge in [-0.25, -0.2) is 27.2 Å². The molecule has 2 heterocycles. The number of carboxylic acid groups (broad SMARTS) is 2. The number of aromatic hydroxyl groups is 2. The Kier molecular flexibility index (Phi) is 9.60. The molecular weight excluding hydrogens is 773 g/mol. The van der Waals surface area contributed by atoms with Crippen LogP contribution in [0.2, 0.25) is 13.1 Å². The Morgan fingerprint density at radius 2 is 1.40 bits per heavy atom. The maximum atomic E-state index is 15.3. The van der Waals surface area contributed by atoms with Gasteiger partial charge in [-0.2, -0.15) is 0 Å². The van der Waals surface area contributed by atoms with Crippen LogP contribution in [0.15, 0.2) is 94.1 Å². The molecule has 1 aliphatic carbocycles. The smallest absolute Gasteiger partial charge is 0.338 e. The molecule has 0 radical (unpaired) electrons.